The number of nitrogens with zero attached hydrogens (tertiary/aromatic N) is 2. The summed E-state index contributed by atoms with van der Waals surface area (Å²) in [5.41, 5.74) is 0.438. The van der Waals surface area contributed by atoms with Crippen molar-refractivity contribution in [2.75, 3.05) is 5.32 Å². The monoisotopic (exact) mass is 334 g/mol. The molecule has 1 atom stereocenters. The van der Waals surface area contributed by atoms with E-state index >= 15 is 0 Å². The van der Waals surface area contributed by atoms with E-state index < -0.39 is 23.7 Å². The smallest absolute Gasteiger partial charge is 0.319 e. The van der Waals surface area contributed by atoms with Gasteiger partial charge in [-0.3, -0.25) is 0 Å². The third kappa shape index (κ3) is 4.47. The minimum absolute atomic E-state index is 0.185. The van der Waals surface area contributed by atoms with Crippen LogP contribution in [0.2, 0.25) is 0 Å². The summed E-state index contributed by atoms with van der Waals surface area (Å²) >= 11 is 0. The lowest BCUT2D eigenvalue weighted by molar-refractivity contribution is 0.249. The predicted octanol–water partition coefficient (Wildman–Crippen LogP) is 3.94. The lowest BCUT2D eigenvalue weighted by Crippen LogP contribution is -2.31. The molecule has 1 heterocycles. The number of aromatic nitrogens is 2. The van der Waals surface area contributed by atoms with Crippen LogP contribution in [0.3, 0.4) is 0 Å². The van der Waals surface area contributed by atoms with Gasteiger partial charge >= 0.3 is 6.03 Å². The number of anilines is 1. The number of hydrogen-bond donors (Lipinski definition) is 2. The number of hydrogen-bond acceptors (Lipinski definition) is 3. The van der Waals surface area contributed by atoms with Gasteiger partial charge in [-0.15, -0.1) is 0 Å². The number of amides is 2. The van der Waals surface area contributed by atoms with Crippen molar-refractivity contribution in [3.8, 4) is 0 Å². The van der Waals surface area contributed by atoms with Crippen molar-refractivity contribution in [1.82, 2.24) is 15.3 Å². The summed E-state index contributed by atoms with van der Waals surface area (Å²) in [4.78, 5) is 20.4. The van der Waals surface area contributed by atoms with Gasteiger partial charge in [-0.1, -0.05) is 26.8 Å². The van der Waals surface area contributed by atoms with Crippen LogP contribution in [0.4, 0.5) is 19.3 Å². The lowest BCUT2D eigenvalue weighted by Gasteiger charge is -2.17. The van der Waals surface area contributed by atoms with Crippen LogP contribution in [-0.4, -0.2) is 16.0 Å². The third-order valence-corrected chi connectivity index (χ3v) is 3.36. The Kier molecular flexibility index (Phi) is 5.11. The second-order valence-corrected chi connectivity index (χ2v) is 6.53. The molecule has 0 aliphatic rings. The Balaban J connectivity index is 2.00. The summed E-state index contributed by atoms with van der Waals surface area (Å²) < 4.78 is 26.6. The molecule has 0 saturated heterocycles. The van der Waals surface area contributed by atoms with Gasteiger partial charge < -0.3 is 10.6 Å². The first kappa shape index (κ1) is 17.8. The molecule has 5 nitrogen and oxygen atoms in total. The van der Waals surface area contributed by atoms with E-state index in [1.54, 1.807) is 6.92 Å². The van der Waals surface area contributed by atoms with Gasteiger partial charge in [0.05, 0.1) is 24.1 Å². The van der Waals surface area contributed by atoms with Crippen LogP contribution in [0.15, 0.2) is 30.6 Å². The van der Waals surface area contributed by atoms with Gasteiger partial charge in [-0.25, -0.2) is 23.5 Å². The molecule has 0 spiro atoms. The van der Waals surface area contributed by atoms with Crippen molar-refractivity contribution in [1.29, 1.82) is 0 Å². The Labute approximate surface area is 139 Å². The first-order chi connectivity index (χ1) is 11.2. The van der Waals surface area contributed by atoms with Crippen molar-refractivity contribution in [3.05, 3.63) is 53.6 Å². The quantitative estimate of drug-likeness (QED) is 0.893. The van der Waals surface area contributed by atoms with E-state index in [0.29, 0.717) is 11.5 Å². The van der Waals surface area contributed by atoms with Gasteiger partial charge in [-0.05, 0) is 13.0 Å². The summed E-state index contributed by atoms with van der Waals surface area (Å²) in [7, 11) is 0. The minimum Gasteiger partial charge on any atom is -0.331 e. The maximum Gasteiger partial charge on any atom is 0.319 e. The molecular formula is C17H20F2N4O. The highest BCUT2D eigenvalue weighted by molar-refractivity contribution is 5.89. The van der Waals surface area contributed by atoms with E-state index in [1.165, 1.54) is 18.5 Å². The van der Waals surface area contributed by atoms with E-state index in [4.69, 9.17) is 0 Å². The Morgan fingerprint density at radius 1 is 1.17 bits per heavy atom. The summed E-state index contributed by atoms with van der Waals surface area (Å²) in [6, 6.07) is 2.08. The first-order valence-electron chi connectivity index (χ1n) is 7.52. The van der Waals surface area contributed by atoms with Crippen LogP contribution in [-0.2, 0) is 5.41 Å². The van der Waals surface area contributed by atoms with Crippen molar-refractivity contribution in [2.24, 2.45) is 0 Å². The molecule has 0 saturated carbocycles. The highest BCUT2D eigenvalue weighted by atomic mass is 19.1. The molecule has 7 heteroatoms. The highest BCUT2D eigenvalue weighted by Gasteiger charge is 2.17. The number of carbonyl (C=O) groups is 1. The van der Waals surface area contributed by atoms with Crippen LogP contribution in [0.1, 0.15) is 45.1 Å². The van der Waals surface area contributed by atoms with Crippen LogP contribution < -0.4 is 10.6 Å². The maximum absolute atomic E-state index is 13.7. The fourth-order valence-corrected chi connectivity index (χ4v) is 2.07. The molecule has 0 fully saturated rings. The summed E-state index contributed by atoms with van der Waals surface area (Å²) in [5.74, 6) is -0.708. The number of benzene rings is 1. The SMILES string of the molecule is C[C@@H](NC(=O)Nc1cnc(C(C)(C)C)nc1)c1ccc(F)cc1F. The highest BCUT2D eigenvalue weighted by Crippen LogP contribution is 2.19. The number of rotatable bonds is 3. The largest absolute Gasteiger partial charge is 0.331 e. The van der Waals surface area contributed by atoms with Gasteiger partial charge in [0.25, 0.3) is 0 Å². The Morgan fingerprint density at radius 2 is 1.79 bits per heavy atom. The van der Waals surface area contributed by atoms with Crippen molar-refractivity contribution in [2.45, 2.75) is 39.2 Å². The van der Waals surface area contributed by atoms with Crippen LogP contribution in [0, 0.1) is 11.6 Å². The van der Waals surface area contributed by atoms with Crippen LogP contribution in [0.5, 0.6) is 0 Å². The molecule has 1 aromatic carbocycles. The van der Waals surface area contributed by atoms with Crippen molar-refractivity contribution < 1.29 is 13.6 Å². The second kappa shape index (κ2) is 6.90. The average Bonchev–Trinajstić information content (AvgIpc) is 2.46. The van der Waals surface area contributed by atoms with Gasteiger partial charge in [0.15, 0.2) is 0 Å². The molecule has 0 aliphatic heterocycles. The normalized spacial score (nSPS) is 12.6. The van der Waals surface area contributed by atoms with Gasteiger partial charge in [0.1, 0.15) is 17.5 Å². The molecule has 24 heavy (non-hydrogen) atoms. The van der Waals surface area contributed by atoms with Gasteiger partial charge in [0.2, 0.25) is 0 Å². The molecule has 0 bridgehead atoms. The van der Waals surface area contributed by atoms with E-state index in [2.05, 4.69) is 20.6 Å². The van der Waals surface area contributed by atoms with Crippen molar-refractivity contribution >= 4 is 11.7 Å². The molecule has 0 unspecified atom stereocenters. The molecule has 1 aromatic heterocycles. The zero-order chi connectivity index (χ0) is 17.9. The number of nitrogens with one attached hydrogen (secondary N) is 2. The molecule has 128 valence electrons. The molecule has 0 radical (unpaired) electrons. The van der Waals surface area contributed by atoms with E-state index in [9.17, 15) is 13.6 Å². The number of urea groups is 1. The minimum atomic E-state index is -0.708. The van der Waals surface area contributed by atoms with Crippen molar-refractivity contribution in [3.63, 3.8) is 0 Å². The van der Waals surface area contributed by atoms with Gasteiger partial charge in [0, 0.05) is 17.0 Å². The Bertz CT molecular complexity index is 726. The third-order valence-electron chi connectivity index (χ3n) is 3.36. The number of carbonyl (C=O) groups excluding carboxylic acids is 1. The maximum atomic E-state index is 13.7. The lowest BCUT2D eigenvalue weighted by atomic mass is 9.96. The summed E-state index contributed by atoms with van der Waals surface area (Å²) in [5, 5.41) is 5.16. The van der Waals surface area contributed by atoms with E-state index in [0.717, 1.165) is 12.1 Å². The topological polar surface area (TPSA) is 66.9 Å². The standard InChI is InChI=1S/C17H20F2N4O/c1-10(13-6-5-11(18)7-14(13)19)22-16(24)23-12-8-20-15(21-9-12)17(2,3)4/h5-10H,1-4H3,(H2,22,23,24)/t10-/m1/s1. The first-order valence-corrected chi connectivity index (χ1v) is 7.52. The predicted molar refractivity (Wildman–Crippen MR) is 87.7 cm³/mol. The Hall–Kier alpha value is -2.57. The zero-order valence-corrected chi connectivity index (χ0v) is 14.0. The average molecular weight is 334 g/mol. The van der Waals surface area contributed by atoms with E-state index in [-0.39, 0.29) is 11.0 Å². The molecule has 2 amide bonds. The van der Waals surface area contributed by atoms with E-state index in [1.807, 2.05) is 20.8 Å². The van der Waals surface area contributed by atoms with Crippen LogP contribution in [0.25, 0.3) is 0 Å². The number of halogens is 2. The second-order valence-electron chi connectivity index (χ2n) is 6.53. The summed E-state index contributed by atoms with van der Waals surface area (Å²) in [6.45, 7) is 7.57. The molecule has 2 aromatic rings. The molecule has 2 rings (SSSR count). The molecule has 2 N–H and O–H groups in total. The Morgan fingerprint density at radius 3 is 2.33 bits per heavy atom. The molecular weight excluding hydrogens is 314 g/mol. The summed E-state index contributed by atoms with van der Waals surface area (Å²) in [6.07, 6.45) is 3.02. The fraction of sp³-hybridized carbons (Fsp3) is 0.353. The van der Waals surface area contributed by atoms with Gasteiger partial charge in [-0.2, -0.15) is 0 Å². The zero-order valence-electron chi connectivity index (χ0n) is 14.0. The molecule has 0 aliphatic carbocycles. The fourth-order valence-electron chi connectivity index (χ4n) is 2.07. The van der Waals surface area contributed by atoms with Crippen LogP contribution >= 0.6 is 0 Å².